The Labute approximate surface area is 112 Å². The number of aryl methyl sites for hydroxylation is 1. The van der Waals surface area contributed by atoms with Crippen LogP contribution in [0.5, 0.6) is 0 Å². The number of nitrogens with zero attached hydrogens (tertiary/aromatic N) is 1. The second-order valence-corrected chi connectivity index (χ2v) is 4.71. The third-order valence-electron chi connectivity index (χ3n) is 3.11. The Morgan fingerprint density at radius 1 is 0.944 bits per heavy atom. The average molecular weight is 253 g/mol. The minimum Gasteiger partial charge on any atom is -0.228 e. The zero-order valence-electron chi connectivity index (χ0n) is 10.9. The molecule has 1 rings (SSSR count). The average Bonchev–Trinajstić information content (AvgIpc) is 2.35. The molecule has 0 aromatic carbocycles. The molecule has 2 heteroatoms. The lowest BCUT2D eigenvalue weighted by Crippen LogP contribution is -1.89. The number of pyridine rings is 1. The summed E-state index contributed by atoms with van der Waals surface area (Å²) in [6, 6.07) is 3.28. The van der Waals surface area contributed by atoms with Gasteiger partial charge in [0.15, 0.2) is 0 Å². The number of rotatable bonds is 9. The van der Waals surface area contributed by atoms with Crippen molar-refractivity contribution in [3.8, 4) is 0 Å². The highest BCUT2D eigenvalue weighted by molar-refractivity contribution is 5.09. The summed E-state index contributed by atoms with van der Waals surface area (Å²) < 4.78 is 12.6. The lowest BCUT2D eigenvalue weighted by atomic mass is 10.1. The molecule has 104 valence electrons. The third kappa shape index (κ3) is 8.21. The molecule has 0 saturated carbocycles. The maximum atomic E-state index is 12.6. The van der Waals surface area contributed by atoms with Crippen LogP contribution in [-0.4, -0.2) is 4.98 Å². The van der Waals surface area contributed by atoms with E-state index in [1.54, 1.807) is 6.20 Å². The van der Waals surface area contributed by atoms with Gasteiger partial charge in [0.2, 0.25) is 5.95 Å². The van der Waals surface area contributed by atoms with Crippen LogP contribution >= 0.6 is 0 Å². The molecule has 0 aliphatic carbocycles. The van der Waals surface area contributed by atoms with Gasteiger partial charge in [-0.05, 0) is 24.5 Å². The highest BCUT2D eigenvalue weighted by Crippen LogP contribution is 2.10. The number of unbranched alkanes of at least 4 members (excludes halogenated alkanes) is 7. The smallest absolute Gasteiger partial charge is 0.212 e. The van der Waals surface area contributed by atoms with E-state index in [0.717, 1.165) is 12.0 Å². The molecule has 18 heavy (non-hydrogen) atoms. The van der Waals surface area contributed by atoms with Crippen molar-refractivity contribution >= 4 is 0 Å². The molecular weight excluding hydrogens is 225 g/mol. The first-order valence-corrected chi connectivity index (χ1v) is 6.93. The van der Waals surface area contributed by atoms with E-state index in [2.05, 4.69) is 11.9 Å². The van der Waals surface area contributed by atoms with Gasteiger partial charge in [-0.15, -0.1) is 0 Å². The van der Waals surface area contributed by atoms with E-state index in [0.29, 0.717) is 0 Å². The van der Waals surface area contributed by atoms with Crippen molar-refractivity contribution in [1.29, 1.82) is 0 Å². The van der Waals surface area contributed by atoms with Crippen LogP contribution in [0.1, 0.15) is 71.3 Å². The number of hydrogen-bond acceptors (Lipinski definition) is 1. The van der Waals surface area contributed by atoms with Crippen molar-refractivity contribution in [2.45, 2.75) is 72.1 Å². The Balaban J connectivity index is 0.00000289. The number of aromatic nitrogens is 1. The molecule has 0 saturated heterocycles. The predicted octanol–water partition coefficient (Wildman–Crippen LogP) is 5.54. The monoisotopic (exact) mass is 253 g/mol. The van der Waals surface area contributed by atoms with E-state index in [-0.39, 0.29) is 13.4 Å². The summed E-state index contributed by atoms with van der Waals surface area (Å²) in [5.41, 5.74) is 1.15. The maximum Gasteiger partial charge on any atom is 0.212 e. The minimum absolute atomic E-state index is 0. The molecule has 1 aromatic heterocycles. The third-order valence-corrected chi connectivity index (χ3v) is 3.11. The van der Waals surface area contributed by atoms with Crippen LogP contribution in [0, 0.1) is 5.95 Å². The quantitative estimate of drug-likeness (QED) is 0.416. The predicted molar refractivity (Wildman–Crippen MR) is 77.2 cm³/mol. The standard InChI is InChI=1S/C15H24FN.CH4/c1-2-3-4-5-6-7-8-9-10-14-11-12-15(16)17-13-14;/h11-13H,2-10H2,1H3;1H4. The van der Waals surface area contributed by atoms with Gasteiger partial charge in [0.05, 0.1) is 0 Å². The van der Waals surface area contributed by atoms with E-state index in [4.69, 9.17) is 0 Å². The van der Waals surface area contributed by atoms with Gasteiger partial charge in [-0.3, -0.25) is 0 Å². The normalized spacial score (nSPS) is 10.1. The summed E-state index contributed by atoms with van der Waals surface area (Å²) in [4.78, 5) is 3.66. The number of hydrogen-bond donors (Lipinski definition) is 0. The first kappa shape index (κ1) is 17.1. The summed E-state index contributed by atoms with van der Waals surface area (Å²) in [7, 11) is 0. The molecule has 1 aromatic rings. The molecular formula is C16H28FN. The van der Waals surface area contributed by atoms with Gasteiger partial charge in [0.1, 0.15) is 0 Å². The largest absolute Gasteiger partial charge is 0.228 e. The topological polar surface area (TPSA) is 12.9 Å². The van der Waals surface area contributed by atoms with Gasteiger partial charge < -0.3 is 0 Å². The molecule has 0 amide bonds. The summed E-state index contributed by atoms with van der Waals surface area (Å²) in [5, 5.41) is 0. The van der Waals surface area contributed by atoms with Gasteiger partial charge in [-0.25, -0.2) is 4.98 Å². The molecule has 0 atom stereocenters. The molecule has 1 heterocycles. The highest BCUT2D eigenvalue weighted by atomic mass is 19.1. The Morgan fingerprint density at radius 2 is 1.56 bits per heavy atom. The number of halogens is 1. The lowest BCUT2D eigenvalue weighted by molar-refractivity contribution is 0.571. The zero-order valence-corrected chi connectivity index (χ0v) is 10.9. The summed E-state index contributed by atoms with van der Waals surface area (Å²) in [5.74, 6) is -0.385. The van der Waals surface area contributed by atoms with Crippen molar-refractivity contribution in [1.82, 2.24) is 4.98 Å². The summed E-state index contributed by atoms with van der Waals surface area (Å²) >= 11 is 0. The van der Waals surface area contributed by atoms with Gasteiger partial charge in [0.25, 0.3) is 0 Å². The molecule has 0 unspecified atom stereocenters. The van der Waals surface area contributed by atoms with Gasteiger partial charge in [0, 0.05) is 6.20 Å². The fourth-order valence-corrected chi connectivity index (χ4v) is 2.02. The first-order chi connectivity index (χ1) is 8.33. The Hall–Kier alpha value is -0.920. The van der Waals surface area contributed by atoms with E-state index in [1.165, 1.54) is 57.4 Å². The van der Waals surface area contributed by atoms with Gasteiger partial charge in [-0.2, -0.15) is 4.39 Å². The second-order valence-electron chi connectivity index (χ2n) is 4.71. The van der Waals surface area contributed by atoms with Crippen molar-refractivity contribution in [3.05, 3.63) is 29.8 Å². The van der Waals surface area contributed by atoms with Crippen LogP contribution < -0.4 is 0 Å². The van der Waals surface area contributed by atoms with Gasteiger partial charge in [-0.1, -0.05) is 65.4 Å². The zero-order chi connectivity index (χ0) is 12.3. The van der Waals surface area contributed by atoms with E-state index < -0.39 is 0 Å². The van der Waals surface area contributed by atoms with Crippen molar-refractivity contribution in [2.24, 2.45) is 0 Å². The molecule has 0 spiro atoms. The Kier molecular flexibility index (Phi) is 10.6. The minimum atomic E-state index is -0.385. The maximum absolute atomic E-state index is 12.6. The SMILES string of the molecule is C.CCCCCCCCCCc1ccc(F)nc1. The van der Waals surface area contributed by atoms with Crippen molar-refractivity contribution in [3.63, 3.8) is 0 Å². The Bertz CT molecular complexity index is 282. The second kappa shape index (κ2) is 11.2. The van der Waals surface area contributed by atoms with Crippen LogP contribution in [0.3, 0.4) is 0 Å². The van der Waals surface area contributed by atoms with E-state index in [1.807, 2.05) is 6.07 Å². The first-order valence-electron chi connectivity index (χ1n) is 6.93. The Morgan fingerprint density at radius 3 is 2.11 bits per heavy atom. The molecule has 0 aliphatic heterocycles. The lowest BCUT2D eigenvalue weighted by Gasteiger charge is -2.02. The van der Waals surface area contributed by atoms with E-state index in [9.17, 15) is 4.39 Å². The van der Waals surface area contributed by atoms with Crippen molar-refractivity contribution < 1.29 is 4.39 Å². The van der Waals surface area contributed by atoms with Crippen molar-refractivity contribution in [2.75, 3.05) is 0 Å². The fourth-order valence-electron chi connectivity index (χ4n) is 2.02. The van der Waals surface area contributed by atoms with Crippen LogP contribution in [-0.2, 0) is 6.42 Å². The summed E-state index contributed by atoms with van der Waals surface area (Å²) in [6.45, 7) is 2.25. The van der Waals surface area contributed by atoms with Crippen LogP contribution in [0.15, 0.2) is 18.3 Å². The molecule has 0 aliphatic rings. The highest BCUT2D eigenvalue weighted by Gasteiger charge is 1.96. The van der Waals surface area contributed by atoms with E-state index >= 15 is 0 Å². The molecule has 0 N–H and O–H groups in total. The molecule has 0 bridgehead atoms. The van der Waals surface area contributed by atoms with Crippen LogP contribution in [0.25, 0.3) is 0 Å². The molecule has 1 nitrogen and oxygen atoms in total. The fraction of sp³-hybridized carbons (Fsp3) is 0.688. The molecule has 0 radical (unpaired) electrons. The summed E-state index contributed by atoms with van der Waals surface area (Å²) in [6.07, 6.45) is 13.3. The van der Waals surface area contributed by atoms with Gasteiger partial charge >= 0.3 is 0 Å². The van der Waals surface area contributed by atoms with Crippen LogP contribution in [0.4, 0.5) is 4.39 Å². The van der Waals surface area contributed by atoms with Crippen LogP contribution in [0.2, 0.25) is 0 Å². The molecule has 0 fully saturated rings.